The van der Waals surface area contributed by atoms with Gasteiger partial charge in [0.25, 0.3) is 0 Å². The van der Waals surface area contributed by atoms with Gasteiger partial charge in [0.1, 0.15) is 0 Å². The molecule has 1 aromatic rings. The number of rotatable bonds is 4. The van der Waals surface area contributed by atoms with Crippen LogP contribution in [-0.2, 0) is 10.0 Å². The first-order chi connectivity index (χ1) is 7.49. The fourth-order valence-corrected chi connectivity index (χ4v) is 3.07. The molecule has 88 valence electrons. The van der Waals surface area contributed by atoms with E-state index in [-0.39, 0.29) is 0 Å². The molecular weight excluding hydrogens is 222 g/mol. The monoisotopic (exact) mass is 239 g/mol. The van der Waals surface area contributed by atoms with E-state index in [0.717, 1.165) is 24.0 Å². The molecule has 0 aromatic heterocycles. The zero-order chi connectivity index (χ0) is 11.8. The van der Waals surface area contributed by atoms with Gasteiger partial charge in [-0.3, -0.25) is 0 Å². The highest BCUT2D eigenvalue weighted by Gasteiger charge is 2.24. The summed E-state index contributed by atoms with van der Waals surface area (Å²) in [5.74, 6) is 0.555. The summed E-state index contributed by atoms with van der Waals surface area (Å²) in [5, 5.41) is 0. The maximum Gasteiger partial charge on any atom is 0.240 e. The number of benzene rings is 1. The van der Waals surface area contributed by atoms with E-state index in [2.05, 4.69) is 4.72 Å². The lowest BCUT2D eigenvalue weighted by Crippen LogP contribution is -2.26. The number of hydrogen-bond acceptors (Lipinski definition) is 2. The SMILES string of the molecule is Cc1ccc(C)c(S(=O)(=O)NCC2CC2)c1. The molecule has 0 radical (unpaired) electrons. The van der Waals surface area contributed by atoms with Crippen molar-refractivity contribution in [1.82, 2.24) is 4.72 Å². The second kappa shape index (κ2) is 4.18. The van der Waals surface area contributed by atoms with Gasteiger partial charge >= 0.3 is 0 Å². The van der Waals surface area contributed by atoms with E-state index >= 15 is 0 Å². The van der Waals surface area contributed by atoms with Crippen LogP contribution in [0.4, 0.5) is 0 Å². The first-order valence-electron chi connectivity index (χ1n) is 5.56. The third-order valence-corrected chi connectivity index (χ3v) is 4.46. The fourth-order valence-electron chi connectivity index (χ4n) is 1.62. The average Bonchev–Trinajstić information content (AvgIpc) is 3.02. The Labute approximate surface area is 96.9 Å². The second-order valence-electron chi connectivity index (χ2n) is 4.56. The summed E-state index contributed by atoms with van der Waals surface area (Å²) < 4.78 is 26.7. The van der Waals surface area contributed by atoms with E-state index in [0.29, 0.717) is 17.4 Å². The van der Waals surface area contributed by atoms with Crippen molar-refractivity contribution in [2.45, 2.75) is 31.6 Å². The summed E-state index contributed by atoms with van der Waals surface area (Å²) in [6.45, 7) is 4.31. The predicted octanol–water partition coefficient (Wildman–Crippen LogP) is 1.99. The molecule has 3 nitrogen and oxygen atoms in total. The molecule has 0 heterocycles. The van der Waals surface area contributed by atoms with Gasteiger partial charge in [-0.05, 0) is 49.8 Å². The molecule has 0 amide bonds. The van der Waals surface area contributed by atoms with Crippen molar-refractivity contribution in [1.29, 1.82) is 0 Å². The largest absolute Gasteiger partial charge is 0.240 e. The van der Waals surface area contributed by atoms with Crippen LogP contribution >= 0.6 is 0 Å². The summed E-state index contributed by atoms with van der Waals surface area (Å²) in [6, 6.07) is 5.50. The van der Waals surface area contributed by atoms with Gasteiger partial charge in [0.2, 0.25) is 10.0 Å². The second-order valence-corrected chi connectivity index (χ2v) is 6.30. The fraction of sp³-hybridized carbons (Fsp3) is 0.500. The molecule has 0 atom stereocenters. The number of sulfonamides is 1. The van der Waals surface area contributed by atoms with Crippen molar-refractivity contribution in [3.05, 3.63) is 29.3 Å². The zero-order valence-corrected chi connectivity index (χ0v) is 10.5. The van der Waals surface area contributed by atoms with Crippen molar-refractivity contribution in [3.8, 4) is 0 Å². The molecule has 1 aliphatic carbocycles. The number of aryl methyl sites for hydroxylation is 2. The van der Waals surface area contributed by atoms with Crippen LogP contribution in [0.15, 0.2) is 23.1 Å². The molecule has 1 aromatic carbocycles. The lowest BCUT2D eigenvalue weighted by molar-refractivity contribution is 0.576. The van der Waals surface area contributed by atoms with Gasteiger partial charge in [-0.2, -0.15) is 0 Å². The van der Waals surface area contributed by atoms with Crippen LogP contribution in [-0.4, -0.2) is 15.0 Å². The maximum atomic E-state index is 12.0. The molecule has 0 aliphatic heterocycles. The minimum Gasteiger partial charge on any atom is -0.211 e. The van der Waals surface area contributed by atoms with Gasteiger partial charge in [-0.15, -0.1) is 0 Å². The molecule has 16 heavy (non-hydrogen) atoms. The van der Waals surface area contributed by atoms with Crippen molar-refractivity contribution in [2.75, 3.05) is 6.54 Å². The van der Waals surface area contributed by atoms with Crippen molar-refractivity contribution >= 4 is 10.0 Å². The molecule has 4 heteroatoms. The van der Waals surface area contributed by atoms with Gasteiger partial charge in [0, 0.05) is 6.54 Å². The first kappa shape index (κ1) is 11.6. The third-order valence-electron chi connectivity index (χ3n) is 2.89. The molecule has 1 N–H and O–H groups in total. The van der Waals surface area contributed by atoms with Gasteiger partial charge in [0.05, 0.1) is 4.90 Å². The smallest absolute Gasteiger partial charge is 0.211 e. The minimum absolute atomic E-state index is 0.410. The van der Waals surface area contributed by atoms with Gasteiger partial charge in [-0.25, -0.2) is 13.1 Å². The first-order valence-corrected chi connectivity index (χ1v) is 7.04. The molecule has 1 saturated carbocycles. The molecular formula is C12H17NO2S. The summed E-state index contributed by atoms with van der Waals surface area (Å²) in [7, 11) is -3.32. The summed E-state index contributed by atoms with van der Waals surface area (Å²) in [4.78, 5) is 0.410. The quantitative estimate of drug-likeness (QED) is 0.873. The lowest BCUT2D eigenvalue weighted by atomic mass is 10.2. The summed E-state index contributed by atoms with van der Waals surface area (Å²) >= 11 is 0. The van der Waals surface area contributed by atoms with Gasteiger partial charge in [-0.1, -0.05) is 12.1 Å². The summed E-state index contributed by atoms with van der Waals surface area (Å²) in [5.41, 5.74) is 1.77. The topological polar surface area (TPSA) is 46.2 Å². The lowest BCUT2D eigenvalue weighted by Gasteiger charge is -2.09. The Hall–Kier alpha value is -0.870. The Balaban J connectivity index is 2.22. The van der Waals surface area contributed by atoms with E-state index in [1.807, 2.05) is 26.0 Å². The Kier molecular flexibility index (Phi) is 3.04. The molecule has 1 fully saturated rings. The molecule has 0 saturated heterocycles. The van der Waals surface area contributed by atoms with Crippen LogP contribution in [0.1, 0.15) is 24.0 Å². The van der Waals surface area contributed by atoms with E-state index in [1.165, 1.54) is 0 Å². The standard InChI is InChI=1S/C12H17NO2S/c1-9-3-4-10(2)12(7-9)16(14,15)13-8-11-5-6-11/h3-4,7,11,13H,5-6,8H2,1-2H3. The highest BCUT2D eigenvalue weighted by atomic mass is 32.2. The van der Waals surface area contributed by atoms with E-state index in [4.69, 9.17) is 0 Å². The van der Waals surface area contributed by atoms with Crippen LogP contribution in [0.2, 0.25) is 0 Å². The van der Waals surface area contributed by atoms with Crippen LogP contribution < -0.4 is 4.72 Å². The minimum atomic E-state index is -3.32. The van der Waals surface area contributed by atoms with Crippen LogP contribution in [0.25, 0.3) is 0 Å². The predicted molar refractivity (Wildman–Crippen MR) is 63.8 cm³/mol. The summed E-state index contributed by atoms with van der Waals surface area (Å²) in [6.07, 6.45) is 2.30. The Morgan fingerprint density at radius 3 is 2.62 bits per heavy atom. The van der Waals surface area contributed by atoms with Gasteiger partial charge < -0.3 is 0 Å². The highest BCUT2D eigenvalue weighted by molar-refractivity contribution is 7.89. The molecule has 0 bridgehead atoms. The van der Waals surface area contributed by atoms with Gasteiger partial charge in [0.15, 0.2) is 0 Å². The Morgan fingerprint density at radius 1 is 1.31 bits per heavy atom. The van der Waals surface area contributed by atoms with Crippen LogP contribution in [0.3, 0.4) is 0 Å². The zero-order valence-electron chi connectivity index (χ0n) is 9.66. The van der Waals surface area contributed by atoms with Crippen LogP contribution in [0, 0.1) is 19.8 Å². The number of hydrogen-bond donors (Lipinski definition) is 1. The third kappa shape index (κ3) is 2.62. The van der Waals surface area contributed by atoms with Crippen molar-refractivity contribution in [2.24, 2.45) is 5.92 Å². The van der Waals surface area contributed by atoms with E-state index in [1.54, 1.807) is 6.07 Å². The molecule has 2 rings (SSSR count). The molecule has 0 unspecified atom stereocenters. The Morgan fingerprint density at radius 2 is 2.00 bits per heavy atom. The van der Waals surface area contributed by atoms with Crippen molar-refractivity contribution < 1.29 is 8.42 Å². The average molecular weight is 239 g/mol. The maximum absolute atomic E-state index is 12.0. The highest BCUT2D eigenvalue weighted by Crippen LogP contribution is 2.28. The molecule has 1 aliphatic rings. The molecule has 0 spiro atoms. The van der Waals surface area contributed by atoms with E-state index < -0.39 is 10.0 Å². The van der Waals surface area contributed by atoms with Crippen molar-refractivity contribution in [3.63, 3.8) is 0 Å². The van der Waals surface area contributed by atoms with Crippen LogP contribution in [0.5, 0.6) is 0 Å². The van der Waals surface area contributed by atoms with E-state index in [9.17, 15) is 8.42 Å². The Bertz CT molecular complexity index is 490. The number of nitrogens with one attached hydrogen (secondary N) is 1. The normalized spacial score (nSPS) is 16.4.